The fraction of sp³-hybridized carbons (Fsp3) is 0.423. The normalized spacial score (nSPS) is 14.0. The number of pyridine rings is 1. The smallest absolute Gasteiger partial charge is 0.272 e. The summed E-state index contributed by atoms with van der Waals surface area (Å²) in [4.78, 5) is 8.58. The summed E-state index contributed by atoms with van der Waals surface area (Å²) >= 11 is 0. The van der Waals surface area contributed by atoms with Crippen LogP contribution in [-0.4, -0.2) is 41.4 Å². The van der Waals surface area contributed by atoms with Gasteiger partial charge in [0.2, 0.25) is 0 Å². The fourth-order valence-corrected chi connectivity index (χ4v) is 3.83. The molecule has 1 aliphatic rings. The fourth-order valence-electron chi connectivity index (χ4n) is 3.83. The summed E-state index contributed by atoms with van der Waals surface area (Å²) in [6.45, 7) is 12.1. The van der Waals surface area contributed by atoms with Gasteiger partial charge in [0, 0.05) is 51.3 Å². The molecule has 0 bridgehead atoms. The van der Waals surface area contributed by atoms with E-state index in [1.165, 1.54) is 23.4 Å². The highest BCUT2D eigenvalue weighted by molar-refractivity contribution is 5.49. The predicted molar refractivity (Wildman–Crippen MR) is 130 cm³/mol. The van der Waals surface area contributed by atoms with Gasteiger partial charge in [-0.15, -0.1) is 5.10 Å². The van der Waals surface area contributed by atoms with E-state index in [9.17, 15) is 8.78 Å². The molecule has 5 nitrogen and oxygen atoms in total. The van der Waals surface area contributed by atoms with E-state index >= 15 is 0 Å². The largest absolute Gasteiger partial charge is 0.353 e. The maximum absolute atomic E-state index is 13.4. The molecule has 0 atom stereocenters. The Labute approximate surface area is 195 Å². The Kier molecular flexibility index (Phi) is 7.95. The molecule has 2 aromatic heterocycles. The van der Waals surface area contributed by atoms with Crippen LogP contribution in [0.25, 0.3) is 0 Å². The number of aromatic nitrogens is 3. The molecule has 0 spiro atoms. The van der Waals surface area contributed by atoms with Crippen molar-refractivity contribution >= 4 is 11.6 Å². The van der Waals surface area contributed by atoms with Gasteiger partial charge < -0.3 is 9.80 Å². The van der Waals surface area contributed by atoms with E-state index in [-0.39, 0.29) is 5.56 Å². The number of nitrogens with zero attached hydrogens (tertiary/aromatic N) is 5. The average molecular weight is 454 g/mol. The summed E-state index contributed by atoms with van der Waals surface area (Å²) < 4.78 is 26.8. The molecule has 1 aromatic carbocycles. The van der Waals surface area contributed by atoms with Crippen LogP contribution in [0.15, 0.2) is 48.7 Å². The van der Waals surface area contributed by atoms with Crippen molar-refractivity contribution in [3.63, 3.8) is 0 Å². The number of anilines is 2. The van der Waals surface area contributed by atoms with Gasteiger partial charge in [0.25, 0.3) is 5.92 Å². The lowest BCUT2D eigenvalue weighted by Gasteiger charge is -2.36. The lowest BCUT2D eigenvalue weighted by Crippen LogP contribution is -2.47. The van der Waals surface area contributed by atoms with Gasteiger partial charge in [0.15, 0.2) is 5.82 Å². The Morgan fingerprint density at radius 2 is 1.52 bits per heavy atom. The second-order valence-electron chi connectivity index (χ2n) is 8.27. The predicted octanol–water partition coefficient (Wildman–Crippen LogP) is 5.54. The summed E-state index contributed by atoms with van der Waals surface area (Å²) in [6, 6.07) is 13.7. The summed E-state index contributed by atoms with van der Waals surface area (Å²) in [5, 5.41) is 8.96. The number of hydrogen-bond donors (Lipinski definition) is 0. The molecule has 1 saturated heterocycles. The standard InChI is InChI=1S/C24H27F2N5.C2H6/c1-17-4-6-19(7-5-17)15-21-14-18(2)23(29-28-21)31-12-10-30(11-13-31)22-9-8-20(16-27-22)24(3,25)26;1-2/h4-9,14,16H,10-13,15H2,1-3H3;1-2H3. The monoisotopic (exact) mass is 453 g/mol. The van der Waals surface area contributed by atoms with Crippen molar-refractivity contribution in [2.75, 3.05) is 36.0 Å². The Hall–Kier alpha value is -3.09. The van der Waals surface area contributed by atoms with Crippen molar-refractivity contribution in [2.24, 2.45) is 0 Å². The highest BCUT2D eigenvalue weighted by atomic mass is 19.3. The van der Waals surface area contributed by atoms with E-state index < -0.39 is 5.92 Å². The quantitative estimate of drug-likeness (QED) is 0.507. The van der Waals surface area contributed by atoms with Gasteiger partial charge >= 0.3 is 0 Å². The van der Waals surface area contributed by atoms with Crippen molar-refractivity contribution in [1.29, 1.82) is 0 Å². The number of hydrogen-bond acceptors (Lipinski definition) is 5. The van der Waals surface area contributed by atoms with Gasteiger partial charge in [0.1, 0.15) is 5.82 Å². The molecule has 0 saturated carbocycles. The zero-order chi connectivity index (χ0) is 24.0. The van der Waals surface area contributed by atoms with E-state index in [0.717, 1.165) is 62.4 Å². The third-order valence-corrected chi connectivity index (χ3v) is 5.67. The Bertz CT molecular complexity index is 1020. The highest BCUT2D eigenvalue weighted by Crippen LogP contribution is 2.28. The Balaban J connectivity index is 0.00000149. The first-order chi connectivity index (χ1) is 15.8. The molecule has 0 aliphatic carbocycles. The van der Waals surface area contributed by atoms with Crippen LogP contribution in [0.3, 0.4) is 0 Å². The molecule has 1 fully saturated rings. The zero-order valence-electron chi connectivity index (χ0n) is 20.1. The second-order valence-corrected chi connectivity index (χ2v) is 8.27. The highest BCUT2D eigenvalue weighted by Gasteiger charge is 2.26. The maximum Gasteiger partial charge on any atom is 0.272 e. The van der Waals surface area contributed by atoms with E-state index in [2.05, 4.69) is 69.2 Å². The molecule has 0 N–H and O–H groups in total. The van der Waals surface area contributed by atoms with Gasteiger partial charge in [-0.25, -0.2) is 13.8 Å². The van der Waals surface area contributed by atoms with Crippen LogP contribution in [0.1, 0.15) is 48.7 Å². The third-order valence-electron chi connectivity index (χ3n) is 5.67. The van der Waals surface area contributed by atoms with E-state index in [4.69, 9.17) is 0 Å². The van der Waals surface area contributed by atoms with Crippen molar-refractivity contribution < 1.29 is 8.78 Å². The number of alkyl halides is 2. The van der Waals surface area contributed by atoms with Gasteiger partial charge in [-0.2, -0.15) is 5.10 Å². The molecular formula is C26H33F2N5. The molecule has 3 heterocycles. The topological polar surface area (TPSA) is 45.2 Å². The van der Waals surface area contributed by atoms with E-state index in [1.807, 2.05) is 13.8 Å². The first-order valence-electron chi connectivity index (χ1n) is 11.5. The summed E-state index contributed by atoms with van der Waals surface area (Å²) in [5.41, 5.74) is 4.47. The van der Waals surface area contributed by atoms with E-state index in [1.54, 1.807) is 6.07 Å². The minimum Gasteiger partial charge on any atom is -0.353 e. The molecule has 33 heavy (non-hydrogen) atoms. The van der Waals surface area contributed by atoms with Gasteiger partial charge in [-0.3, -0.25) is 0 Å². The molecule has 3 aromatic rings. The summed E-state index contributed by atoms with van der Waals surface area (Å²) in [6.07, 6.45) is 2.03. The number of aryl methyl sites for hydroxylation is 2. The summed E-state index contributed by atoms with van der Waals surface area (Å²) in [7, 11) is 0. The molecule has 4 rings (SSSR count). The molecule has 176 valence electrons. The lowest BCUT2D eigenvalue weighted by atomic mass is 10.1. The first kappa shape index (κ1) is 24.6. The molecule has 0 radical (unpaired) electrons. The van der Waals surface area contributed by atoms with Gasteiger partial charge in [-0.1, -0.05) is 43.7 Å². The van der Waals surface area contributed by atoms with Crippen molar-refractivity contribution in [3.05, 3.63) is 76.6 Å². The van der Waals surface area contributed by atoms with Crippen molar-refractivity contribution in [2.45, 2.75) is 47.0 Å². The van der Waals surface area contributed by atoms with Gasteiger partial charge in [0.05, 0.1) is 5.69 Å². The van der Waals surface area contributed by atoms with Crippen LogP contribution in [-0.2, 0) is 12.3 Å². The molecular weight excluding hydrogens is 420 g/mol. The third kappa shape index (κ3) is 6.24. The molecule has 1 aliphatic heterocycles. The average Bonchev–Trinajstić information content (AvgIpc) is 2.82. The summed E-state index contributed by atoms with van der Waals surface area (Å²) in [5.74, 6) is -1.24. The lowest BCUT2D eigenvalue weighted by molar-refractivity contribution is 0.0171. The number of halogens is 2. The van der Waals surface area contributed by atoms with Crippen LogP contribution >= 0.6 is 0 Å². The van der Waals surface area contributed by atoms with Crippen molar-refractivity contribution in [1.82, 2.24) is 15.2 Å². The Morgan fingerprint density at radius 3 is 2.06 bits per heavy atom. The minimum absolute atomic E-state index is 0.0634. The second kappa shape index (κ2) is 10.7. The SMILES string of the molecule is CC.Cc1ccc(Cc2cc(C)c(N3CCN(c4ccc(C(C)(F)F)cn4)CC3)nn2)cc1. The number of benzene rings is 1. The van der Waals surface area contributed by atoms with Crippen LogP contribution in [0, 0.1) is 13.8 Å². The maximum atomic E-state index is 13.4. The Morgan fingerprint density at radius 1 is 0.879 bits per heavy atom. The molecule has 7 heteroatoms. The minimum atomic E-state index is -2.87. The van der Waals surface area contributed by atoms with Crippen LogP contribution in [0.5, 0.6) is 0 Å². The van der Waals surface area contributed by atoms with Crippen LogP contribution < -0.4 is 9.80 Å². The number of rotatable bonds is 5. The zero-order valence-corrected chi connectivity index (χ0v) is 20.1. The molecule has 0 unspecified atom stereocenters. The van der Waals surface area contributed by atoms with Crippen molar-refractivity contribution in [3.8, 4) is 0 Å². The van der Waals surface area contributed by atoms with Crippen LogP contribution in [0.4, 0.5) is 20.4 Å². The van der Waals surface area contributed by atoms with Crippen LogP contribution in [0.2, 0.25) is 0 Å². The molecule has 0 amide bonds. The van der Waals surface area contributed by atoms with E-state index in [0.29, 0.717) is 0 Å². The van der Waals surface area contributed by atoms with Gasteiger partial charge in [-0.05, 0) is 43.2 Å². The first-order valence-corrected chi connectivity index (χ1v) is 11.5. The number of piperazine rings is 1.